The summed E-state index contributed by atoms with van der Waals surface area (Å²) in [6.45, 7) is 1.64. The summed E-state index contributed by atoms with van der Waals surface area (Å²) in [5.41, 5.74) is -0.464. The summed E-state index contributed by atoms with van der Waals surface area (Å²) in [5.74, 6) is -0.968. The molecule has 5 heteroatoms. The SMILES string of the molecule is COCC(C)(Nc1ccc(Cl)cc1)C(=O)O. The van der Waals surface area contributed by atoms with Crippen LogP contribution in [0.4, 0.5) is 5.69 Å². The fourth-order valence-corrected chi connectivity index (χ4v) is 1.42. The number of carboxylic acid groups (broad SMARTS) is 1. The highest BCUT2D eigenvalue weighted by Gasteiger charge is 2.32. The average molecular weight is 244 g/mol. The molecule has 0 fully saturated rings. The molecular formula is C11H14ClNO3. The molecule has 0 amide bonds. The van der Waals surface area contributed by atoms with Gasteiger partial charge in [0.05, 0.1) is 6.61 Å². The van der Waals surface area contributed by atoms with Crippen molar-refractivity contribution in [3.63, 3.8) is 0 Å². The first kappa shape index (κ1) is 12.8. The van der Waals surface area contributed by atoms with E-state index >= 15 is 0 Å². The van der Waals surface area contributed by atoms with E-state index in [9.17, 15) is 4.79 Å². The van der Waals surface area contributed by atoms with Crippen LogP contribution in [0.25, 0.3) is 0 Å². The normalized spacial score (nSPS) is 14.2. The van der Waals surface area contributed by atoms with Crippen LogP contribution >= 0.6 is 11.6 Å². The molecule has 0 heterocycles. The first-order valence-corrected chi connectivity index (χ1v) is 5.12. The van der Waals surface area contributed by atoms with Crippen molar-refractivity contribution in [3.05, 3.63) is 29.3 Å². The molecule has 0 bridgehead atoms. The summed E-state index contributed by atoms with van der Waals surface area (Å²) in [5, 5.41) is 12.6. The number of anilines is 1. The molecule has 1 unspecified atom stereocenters. The number of ether oxygens (including phenoxy) is 1. The lowest BCUT2D eigenvalue weighted by Crippen LogP contribution is -2.47. The maximum atomic E-state index is 11.1. The van der Waals surface area contributed by atoms with Crippen LogP contribution in [0.3, 0.4) is 0 Å². The summed E-state index contributed by atoms with van der Waals surface area (Å²) >= 11 is 5.74. The molecule has 0 aliphatic carbocycles. The number of benzene rings is 1. The van der Waals surface area contributed by atoms with Crippen molar-refractivity contribution >= 4 is 23.3 Å². The second-order valence-electron chi connectivity index (χ2n) is 3.70. The van der Waals surface area contributed by atoms with Crippen molar-refractivity contribution in [2.75, 3.05) is 19.0 Å². The molecule has 0 saturated carbocycles. The van der Waals surface area contributed by atoms with Gasteiger partial charge in [-0.2, -0.15) is 0 Å². The van der Waals surface area contributed by atoms with Crippen molar-refractivity contribution < 1.29 is 14.6 Å². The predicted octanol–water partition coefficient (Wildman–Crippen LogP) is 2.24. The van der Waals surface area contributed by atoms with Crippen molar-refractivity contribution in [1.29, 1.82) is 0 Å². The molecule has 0 aromatic heterocycles. The molecule has 16 heavy (non-hydrogen) atoms. The quantitative estimate of drug-likeness (QED) is 0.833. The Morgan fingerprint density at radius 2 is 2.06 bits per heavy atom. The number of carbonyl (C=O) groups is 1. The molecule has 0 saturated heterocycles. The monoisotopic (exact) mass is 243 g/mol. The van der Waals surface area contributed by atoms with Crippen LogP contribution in [0, 0.1) is 0 Å². The Balaban J connectivity index is 2.83. The number of methoxy groups -OCH3 is 1. The lowest BCUT2D eigenvalue weighted by atomic mass is 10.0. The second-order valence-corrected chi connectivity index (χ2v) is 4.14. The molecule has 1 rings (SSSR count). The maximum absolute atomic E-state index is 11.1. The van der Waals surface area contributed by atoms with E-state index in [4.69, 9.17) is 21.4 Å². The summed E-state index contributed by atoms with van der Waals surface area (Å²) in [6.07, 6.45) is 0. The Morgan fingerprint density at radius 1 is 1.50 bits per heavy atom. The zero-order chi connectivity index (χ0) is 12.2. The number of carboxylic acids is 1. The molecule has 0 aliphatic heterocycles. The van der Waals surface area contributed by atoms with Gasteiger partial charge in [-0.3, -0.25) is 0 Å². The van der Waals surface area contributed by atoms with Crippen LogP contribution in [0.5, 0.6) is 0 Å². The van der Waals surface area contributed by atoms with E-state index in [-0.39, 0.29) is 6.61 Å². The number of nitrogens with one attached hydrogen (secondary N) is 1. The van der Waals surface area contributed by atoms with Gasteiger partial charge in [-0.25, -0.2) is 4.79 Å². The Labute approximate surface area is 99.2 Å². The Kier molecular flexibility index (Phi) is 4.15. The van der Waals surface area contributed by atoms with Gasteiger partial charge < -0.3 is 15.2 Å². The van der Waals surface area contributed by atoms with Gasteiger partial charge in [0.2, 0.25) is 0 Å². The predicted molar refractivity (Wildman–Crippen MR) is 63.0 cm³/mol. The van der Waals surface area contributed by atoms with Crippen molar-refractivity contribution in [2.45, 2.75) is 12.5 Å². The lowest BCUT2D eigenvalue weighted by Gasteiger charge is -2.26. The largest absolute Gasteiger partial charge is 0.479 e. The van der Waals surface area contributed by atoms with Gasteiger partial charge in [0.15, 0.2) is 5.54 Å². The molecule has 2 N–H and O–H groups in total. The van der Waals surface area contributed by atoms with E-state index < -0.39 is 11.5 Å². The second kappa shape index (κ2) is 5.18. The summed E-state index contributed by atoms with van der Waals surface area (Å²) in [7, 11) is 1.46. The molecule has 1 aromatic rings. The zero-order valence-electron chi connectivity index (χ0n) is 9.16. The van der Waals surface area contributed by atoms with E-state index in [1.807, 2.05) is 0 Å². The van der Waals surface area contributed by atoms with Gasteiger partial charge in [0.25, 0.3) is 0 Å². The Bertz CT molecular complexity index is 366. The first-order chi connectivity index (χ1) is 7.48. The maximum Gasteiger partial charge on any atom is 0.331 e. The minimum Gasteiger partial charge on any atom is -0.479 e. The summed E-state index contributed by atoms with van der Waals surface area (Å²) < 4.78 is 4.89. The molecule has 4 nitrogen and oxygen atoms in total. The molecular weight excluding hydrogens is 230 g/mol. The lowest BCUT2D eigenvalue weighted by molar-refractivity contribution is -0.143. The molecule has 0 aliphatic rings. The van der Waals surface area contributed by atoms with Crippen LogP contribution in [0.2, 0.25) is 5.02 Å². The van der Waals surface area contributed by atoms with Crippen molar-refractivity contribution in [3.8, 4) is 0 Å². The fourth-order valence-electron chi connectivity index (χ4n) is 1.29. The molecule has 0 spiro atoms. The van der Waals surface area contributed by atoms with Crippen LogP contribution in [0.1, 0.15) is 6.92 Å². The third kappa shape index (κ3) is 3.12. The van der Waals surface area contributed by atoms with Gasteiger partial charge in [-0.05, 0) is 31.2 Å². The van der Waals surface area contributed by atoms with Crippen molar-refractivity contribution in [2.24, 2.45) is 0 Å². The Hall–Kier alpha value is -1.26. The molecule has 1 atom stereocenters. The van der Waals surface area contributed by atoms with Crippen LogP contribution < -0.4 is 5.32 Å². The molecule has 0 radical (unpaired) electrons. The van der Waals surface area contributed by atoms with Gasteiger partial charge in [0, 0.05) is 17.8 Å². The van der Waals surface area contributed by atoms with Crippen LogP contribution in [-0.2, 0) is 9.53 Å². The minimum atomic E-state index is -1.15. The van der Waals surface area contributed by atoms with E-state index in [1.165, 1.54) is 7.11 Å². The number of rotatable bonds is 5. The number of hydrogen-bond donors (Lipinski definition) is 2. The van der Waals surface area contributed by atoms with Gasteiger partial charge in [0.1, 0.15) is 0 Å². The molecule has 1 aromatic carbocycles. The first-order valence-electron chi connectivity index (χ1n) is 4.74. The van der Waals surface area contributed by atoms with Crippen LogP contribution in [0.15, 0.2) is 24.3 Å². The van der Waals surface area contributed by atoms with Gasteiger partial charge in [-0.1, -0.05) is 11.6 Å². The van der Waals surface area contributed by atoms with Crippen molar-refractivity contribution in [1.82, 2.24) is 0 Å². The Morgan fingerprint density at radius 3 is 2.50 bits per heavy atom. The van der Waals surface area contributed by atoms with E-state index in [2.05, 4.69) is 5.32 Å². The van der Waals surface area contributed by atoms with E-state index in [0.717, 1.165) is 0 Å². The zero-order valence-corrected chi connectivity index (χ0v) is 9.91. The summed E-state index contributed by atoms with van der Waals surface area (Å²) in [4.78, 5) is 11.1. The highest BCUT2D eigenvalue weighted by molar-refractivity contribution is 6.30. The van der Waals surface area contributed by atoms with Gasteiger partial charge >= 0.3 is 5.97 Å². The topological polar surface area (TPSA) is 58.6 Å². The standard InChI is InChI=1S/C11H14ClNO3/c1-11(7-16-2,10(14)15)13-9-5-3-8(12)4-6-9/h3-6,13H,7H2,1-2H3,(H,14,15). The molecule has 88 valence electrons. The summed E-state index contributed by atoms with van der Waals surface area (Å²) in [6, 6.07) is 6.83. The number of hydrogen-bond acceptors (Lipinski definition) is 3. The van der Waals surface area contributed by atoms with E-state index in [1.54, 1.807) is 31.2 Å². The smallest absolute Gasteiger partial charge is 0.331 e. The highest BCUT2D eigenvalue weighted by Crippen LogP contribution is 2.18. The van der Waals surface area contributed by atoms with Crippen LogP contribution in [-0.4, -0.2) is 30.3 Å². The van der Waals surface area contributed by atoms with Gasteiger partial charge in [-0.15, -0.1) is 0 Å². The van der Waals surface area contributed by atoms with E-state index in [0.29, 0.717) is 10.7 Å². The minimum absolute atomic E-state index is 0.0744. The fraction of sp³-hybridized carbons (Fsp3) is 0.364. The third-order valence-corrected chi connectivity index (χ3v) is 2.42. The third-order valence-electron chi connectivity index (χ3n) is 2.17. The highest BCUT2D eigenvalue weighted by atomic mass is 35.5. The number of aliphatic carboxylic acids is 1. The number of halogens is 1. The average Bonchev–Trinajstić information content (AvgIpc) is 2.22.